The van der Waals surface area contributed by atoms with Crippen molar-refractivity contribution in [3.05, 3.63) is 45.9 Å². The summed E-state index contributed by atoms with van der Waals surface area (Å²) in [6, 6.07) is 5.84. The van der Waals surface area contributed by atoms with Crippen LogP contribution < -0.4 is 5.73 Å². The summed E-state index contributed by atoms with van der Waals surface area (Å²) in [7, 11) is 0. The van der Waals surface area contributed by atoms with Crippen molar-refractivity contribution in [3.8, 4) is 11.5 Å². The van der Waals surface area contributed by atoms with Crippen LogP contribution in [0, 0.1) is 0 Å². The maximum absolute atomic E-state index is 12.6. The Kier molecular flexibility index (Phi) is 3.45. The lowest BCUT2D eigenvalue weighted by molar-refractivity contribution is -0.137. The minimum atomic E-state index is -4.40. The Morgan fingerprint density at radius 2 is 1.68 bits per heavy atom. The molecule has 0 aliphatic rings. The predicted octanol–water partition coefficient (Wildman–Crippen LogP) is 5.40. The Hall–Kier alpha value is -1.92. The lowest BCUT2D eigenvalue weighted by atomic mass is 10.1. The Bertz CT molecular complexity index is 857. The Labute approximate surface area is 132 Å². The van der Waals surface area contributed by atoms with Gasteiger partial charge in [0.2, 0.25) is 5.89 Å². The number of rotatable bonds is 1. The molecule has 1 heterocycles. The molecule has 0 unspecified atom stereocenters. The van der Waals surface area contributed by atoms with E-state index in [9.17, 15) is 13.2 Å². The Morgan fingerprint density at radius 1 is 1.05 bits per heavy atom. The number of nitrogen functional groups attached to an aromatic ring is 1. The number of oxazole rings is 1. The summed E-state index contributed by atoms with van der Waals surface area (Å²) in [4.78, 5) is 4.15. The van der Waals surface area contributed by atoms with Crippen molar-refractivity contribution in [2.75, 3.05) is 5.73 Å². The molecule has 2 N–H and O–H groups in total. The van der Waals surface area contributed by atoms with E-state index in [1.807, 2.05) is 0 Å². The fourth-order valence-electron chi connectivity index (χ4n) is 1.96. The van der Waals surface area contributed by atoms with Gasteiger partial charge in [0.15, 0.2) is 5.58 Å². The zero-order chi connectivity index (χ0) is 16.1. The van der Waals surface area contributed by atoms with E-state index in [0.717, 1.165) is 12.1 Å². The van der Waals surface area contributed by atoms with Gasteiger partial charge in [-0.05, 0) is 30.3 Å². The molecule has 0 saturated carbocycles. The second kappa shape index (κ2) is 5.07. The fraction of sp³-hybridized carbons (Fsp3) is 0.0714. The molecule has 114 valence electrons. The molecular formula is C14H7Cl2F3N2O. The highest BCUT2D eigenvalue weighted by atomic mass is 35.5. The zero-order valence-corrected chi connectivity index (χ0v) is 12.2. The number of halogens is 5. The van der Waals surface area contributed by atoms with Gasteiger partial charge >= 0.3 is 6.18 Å². The highest BCUT2D eigenvalue weighted by molar-refractivity contribution is 6.40. The molecular weight excluding hydrogens is 340 g/mol. The summed E-state index contributed by atoms with van der Waals surface area (Å²) in [6.07, 6.45) is -4.40. The van der Waals surface area contributed by atoms with Gasteiger partial charge in [-0.3, -0.25) is 0 Å². The van der Waals surface area contributed by atoms with Crippen molar-refractivity contribution >= 4 is 40.0 Å². The van der Waals surface area contributed by atoms with Crippen LogP contribution in [0.4, 0.5) is 18.9 Å². The SMILES string of the molecule is Nc1c(Cl)cc(Cl)c2oc(-c3ccc(C(F)(F)F)cc3)nc12. The topological polar surface area (TPSA) is 52.0 Å². The molecule has 0 fully saturated rings. The molecule has 0 amide bonds. The third kappa shape index (κ3) is 2.48. The van der Waals surface area contributed by atoms with E-state index in [4.69, 9.17) is 33.4 Å². The van der Waals surface area contributed by atoms with Crippen LogP contribution in [-0.2, 0) is 6.18 Å². The minimum Gasteiger partial charge on any atom is -0.434 e. The molecule has 0 aliphatic carbocycles. The standard InChI is InChI=1S/C14H7Cl2F3N2O/c15-8-5-9(16)12-11(10(8)20)21-13(22-12)6-1-3-7(4-2-6)14(17,18)19/h1-5H,20H2. The quantitative estimate of drug-likeness (QED) is 0.600. The summed E-state index contributed by atoms with van der Waals surface area (Å²) in [5.41, 5.74) is 6.12. The van der Waals surface area contributed by atoms with Crippen LogP contribution in [0.3, 0.4) is 0 Å². The normalized spacial score (nSPS) is 12.0. The first-order valence-electron chi connectivity index (χ1n) is 5.99. The Balaban J connectivity index is 2.11. The molecule has 3 nitrogen and oxygen atoms in total. The summed E-state index contributed by atoms with van der Waals surface area (Å²) in [5, 5.41) is 0.449. The molecule has 8 heteroatoms. The van der Waals surface area contributed by atoms with Crippen LogP contribution in [0.1, 0.15) is 5.56 Å². The van der Waals surface area contributed by atoms with Gasteiger partial charge in [-0.1, -0.05) is 23.2 Å². The molecule has 3 rings (SSSR count). The fourth-order valence-corrected chi connectivity index (χ4v) is 2.45. The molecule has 0 aliphatic heterocycles. The third-order valence-corrected chi connectivity index (χ3v) is 3.66. The number of benzene rings is 2. The van der Waals surface area contributed by atoms with Gasteiger partial charge in [-0.2, -0.15) is 13.2 Å². The first-order valence-corrected chi connectivity index (χ1v) is 6.74. The summed E-state index contributed by atoms with van der Waals surface area (Å²) in [6.45, 7) is 0. The maximum Gasteiger partial charge on any atom is 0.416 e. The molecule has 2 aromatic carbocycles. The molecule has 0 bridgehead atoms. The largest absolute Gasteiger partial charge is 0.434 e. The van der Waals surface area contributed by atoms with Crippen molar-refractivity contribution in [1.82, 2.24) is 4.98 Å². The zero-order valence-electron chi connectivity index (χ0n) is 10.7. The van der Waals surface area contributed by atoms with Gasteiger partial charge < -0.3 is 10.2 Å². The average Bonchev–Trinajstić information content (AvgIpc) is 2.90. The number of alkyl halides is 3. The van der Waals surface area contributed by atoms with Crippen LogP contribution in [-0.4, -0.2) is 4.98 Å². The van der Waals surface area contributed by atoms with Crippen LogP contribution in [0.2, 0.25) is 10.0 Å². The first kappa shape index (κ1) is 15.0. The van der Waals surface area contributed by atoms with Gasteiger partial charge in [0.1, 0.15) is 5.52 Å². The summed E-state index contributed by atoms with van der Waals surface area (Å²) < 4.78 is 43.1. The van der Waals surface area contributed by atoms with Gasteiger partial charge in [0.25, 0.3) is 0 Å². The summed E-state index contributed by atoms with van der Waals surface area (Å²) >= 11 is 11.9. The second-order valence-corrected chi connectivity index (χ2v) is 5.34. The lowest BCUT2D eigenvalue weighted by Gasteiger charge is -2.05. The van der Waals surface area contributed by atoms with E-state index in [1.54, 1.807) is 0 Å². The number of aromatic nitrogens is 1. The monoisotopic (exact) mass is 346 g/mol. The molecule has 1 aromatic heterocycles. The molecule has 0 atom stereocenters. The highest BCUT2D eigenvalue weighted by Crippen LogP contribution is 2.37. The molecule has 0 radical (unpaired) electrons. The smallest absolute Gasteiger partial charge is 0.416 e. The van der Waals surface area contributed by atoms with Gasteiger partial charge in [-0.15, -0.1) is 0 Å². The number of hydrogen-bond acceptors (Lipinski definition) is 3. The minimum absolute atomic E-state index is 0.111. The van der Waals surface area contributed by atoms with E-state index in [-0.39, 0.29) is 32.7 Å². The van der Waals surface area contributed by atoms with Crippen molar-refractivity contribution in [2.24, 2.45) is 0 Å². The maximum atomic E-state index is 12.6. The van der Waals surface area contributed by atoms with E-state index in [0.29, 0.717) is 5.56 Å². The number of hydrogen-bond donors (Lipinski definition) is 1. The lowest BCUT2D eigenvalue weighted by Crippen LogP contribution is -2.03. The predicted molar refractivity (Wildman–Crippen MR) is 78.9 cm³/mol. The van der Waals surface area contributed by atoms with Crippen molar-refractivity contribution in [3.63, 3.8) is 0 Å². The highest BCUT2D eigenvalue weighted by Gasteiger charge is 2.30. The van der Waals surface area contributed by atoms with Crippen LogP contribution in [0.15, 0.2) is 34.7 Å². The Morgan fingerprint density at radius 3 is 2.27 bits per heavy atom. The third-order valence-electron chi connectivity index (χ3n) is 3.07. The van der Waals surface area contributed by atoms with Gasteiger partial charge in [-0.25, -0.2) is 4.98 Å². The molecule has 3 aromatic rings. The second-order valence-electron chi connectivity index (χ2n) is 4.53. The first-order chi connectivity index (χ1) is 10.3. The van der Waals surface area contributed by atoms with Crippen molar-refractivity contribution in [1.29, 1.82) is 0 Å². The average molecular weight is 347 g/mol. The van der Waals surface area contributed by atoms with Crippen LogP contribution >= 0.6 is 23.2 Å². The number of anilines is 1. The number of nitrogens with two attached hydrogens (primary N) is 1. The number of nitrogens with zero attached hydrogens (tertiary/aromatic N) is 1. The van der Waals surface area contributed by atoms with Crippen LogP contribution in [0.25, 0.3) is 22.6 Å². The van der Waals surface area contributed by atoms with Crippen molar-refractivity contribution < 1.29 is 17.6 Å². The van der Waals surface area contributed by atoms with E-state index in [1.165, 1.54) is 18.2 Å². The van der Waals surface area contributed by atoms with E-state index < -0.39 is 11.7 Å². The molecule has 0 saturated heterocycles. The molecule has 0 spiro atoms. The molecule has 22 heavy (non-hydrogen) atoms. The van der Waals surface area contributed by atoms with E-state index >= 15 is 0 Å². The van der Waals surface area contributed by atoms with Crippen molar-refractivity contribution in [2.45, 2.75) is 6.18 Å². The van der Waals surface area contributed by atoms with E-state index in [2.05, 4.69) is 4.98 Å². The number of fused-ring (bicyclic) bond motifs is 1. The summed E-state index contributed by atoms with van der Waals surface area (Å²) in [5.74, 6) is 0.111. The van der Waals surface area contributed by atoms with Gasteiger partial charge in [0, 0.05) is 5.56 Å². The van der Waals surface area contributed by atoms with Gasteiger partial charge in [0.05, 0.1) is 21.3 Å². The van der Waals surface area contributed by atoms with Crippen LogP contribution in [0.5, 0.6) is 0 Å².